The van der Waals surface area contributed by atoms with E-state index in [1.165, 1.54) is 0 Å². The third-order valence-corrected chi connectivity index (χ3v) is 5.09. The Morgan fingerprint density at radius 1 is 1.14 bits per heavy atom. The second-order valence-electron chi connectivity index (χ2n) is 7.20. The van der Waals surface area contributed by atoms with Gasteiger partial charge in [-0.3, -0.25) is 4.79 Å². The first-order chi connectivity index (χ1) is 14.2. The number of nitrogens with zero attached hydrogens (tertiary/aromatic N) is 4. The highest BCUT2D eigenvalue weighted by Crippen LogP contribution is 2.25. The molecule has 4 aromatic rings. The normalized spacial score (nSPS) is 17.0. The lowest BCUT2D eigenvalue weighted by Gasteiger charge is -2.31. The van der Waals surface area contributed by atoms with Crippen molar-refractivity contribution in [2.45, 2.75) is 13.0 Å². The Morgan fingerprint density at radius 2 is 2.00 bits per heavy atom. The van der Waals surface area contributed by atoms with Crippen LogP contribution in [0.25, 0.3) is 17.0 Å². The molecule has 1 aliphatic heterocycles. The quantitative estimate of drug-likeness (QED) is 0.537. The number of amides is 1. The number of aryl methyl sites for hydroxylation is 1. The molecular weight excluding hydrogens is 368 g/mol. The molecule has 7 heteroatoms. The van der Waals surface area contributed by atoms with Crippen molar-refractivity contribution in [2.75, 3.05) is 19.7 Å². The number of hydrogen-bond acceptors (Lipinski definition) is 5. The molecule has 0 aliphatic carbocycles. The fraction of sp³-hybridized carbons (Fsp3) is 0.227. The Kier molecular flexibility index (Phi) is 4.37. The molecule has 0 spiro atoms. The summed E-state index contributed by atoms with van der Waals surface area (Å²) in [6, 6.07) is 15.5. The monoisotopic (exact) mass is 388 g/mol. The van der Waals surface area contributed by atoms with Crippen molar-refractivity contribution < 1.29 is 14.1 Å². The second-order valence-corrected chi connectivity index (χ2v) is 7.20. The molecule has 0 bridgehead atoms. The average Bonchev–Trinajstić information content (AvgIpc) is 3.41. The second kappa shape index (κ2) is 7.18. The first kappa shape index (κ1) is 17.6. The van der Waals surface area contributed by atoms with Crippen molar-refractivity contribution in [3.05, 3.63) is 77.9 Å². The van der Waals surface area contributed by atoms with Crippen LogP contribution in [0.4, 0.5) is 0 Å². The Hall–Kier alpha value is -3.45. The number of rotatable bonds is 3. The van der Waals surface area contributed by atoms with E-state index < -0.39 is 6.10 Å². The van der Waals surface area contributed by atoms with E-state index in [0.29, 0.717) is 37.0 Å². The van der Waals surface area contributed by atoms with Crippen LogP contribution >= 0.6 is 0 Å². The number of fused-ring (bicyclic) bond motifs is 1. The van der Waals surface area contributed by atoms with Gasteiger partial charge in [-0.2, -0.15) is 4.98 Å². The van der Waals surface area contributed by atoms with E-state index in [-0.39, 0.29) is 5.91 Å². The summed E-state index contributed by atoms with van der Waals surface area (Å²) >= 11 is 0. The molecule has 1 aromatic carbocycles. The molecule has 1 unspecified atom stereocenters. The van der Waals surface area contributed by atoms with Crippen LogP contribution < -0.4 is 0 Å². The fourth-order valence-electron chi connectivity index (χ4n) is 3.57. The van der Waals surface area contributed by atoms with Gasteiger partial charge in [0.15, 0.2) is 0 Å². The fourth-order valence-corrected chi connectivity index (χ4v) is 3.57. The summed E-state index contributed by atoms with van der Waals surface area (Å²) in [7, 11) is 0. The van der Waals surface area contributed by atoms with Crippen molar-refractivity contribution in [3.8, 4) is 11.5 Å². The third-order valence-electron chi connectivity index (χ3n) is 5.09. The van der Waals surface area contributed by atoms with Crippen molar-refractivity contribution in [2.24, 2.45) is 0 Å². The maximum atomic E-state index is 13.1. The van der Waals surface area contributed by atoms with E-state index in [4.69, 9.17) is 9.26 Å². The van der Waals surface area contributed by atoms with Crippen molar-refractivity contribution >= 4 is 11.4 Å². The smallest absolute Gasteiger partial charge is 0.258 e. The lowest BCUT2D eigenvalue weighted by atomic mass is 10.2. The van der Waals surface area contributed by atoms with Crippen LogP contribution in [0.5, 0.6) is 0 Å². The summed E-state index contributed by atoms with van der Waals surface area (Å²) in [4.78, 5) is 19.3. The predicted molar refractivity (Wildman–Crippen MR) is 106 cm³/mol. The Morgan fingerprint density at radius 3 is 2.86 bits per heavy atom. The molecule has 0 saturated carbocycles. The molecule has 1 amide bonds. The van der Waals surface area contributed by atoms with Gasteiger partial charge in [0, 0.05) is 30.0 Å². The topological polar surface area (TPSA) is 72.9 Å². The van der Waals surface area contributed by atoms with Crippen molar-refractivity contribution in [1.29, 1.82) is 0 Å². The van der Waals surface area contributed by atoms with Gasteiger partial charge in [-0.1, -0.05) is 29.4 Å². The summed E-state index contributed by atoms with van der Waals surface area (Å²) < 4.78 is 13.2. The zero-order chi connectivity index (χ0) is 19.8. The summed E-state index contributed by atoms with van der Waals surface area (Å²) in [5, 5.41) is 4.07. The number of morpholine rings is 1. The van der Waals surface area contributed by atoms with E-state index in [1.807, 2.05) is 72.2 Å². The number of benzene rings is 1. The van der Waals surface area contributed by atoms with Gasteiger partial charge in [0.2, 0.25) is 5.82 Å². The highest BCUT2D eigenvalue weighted by Gasteiger charge is 2.30. The molecule has 1 saturated heterocycles. The number of ether oxygens (including phenoxy) is 1. The van der Waals surface area contributed by atoms with Crippen LogP contribution in [0.3, 0.4) is 0 Å². The van der Waals surface area contributed by atoms with E-state index in [1.54, 1.807) is 4.90 Å². The van der Waals surface area contributed by atoms with E-state index in [0.717, 1.165) is 16.6 Å². The molecule has 0 radical (unpaired) electrons. The molecular formula is C22H20N4O3. The maximum Gasteiger partial charge on any atom is 0.258 e. The highest BCUT2D eigenvalue weighted by atomic mass is 16.5. The van der Waals surface area contributed by atoms with Gasteiger partial charge in [0.1, 0.15) is 6.10 Å². The van der Waals surface area contributed by atoms with Crippen LogP contribution in [0.2, 0.25) is 0 Å². The van der Waals surface area contributed by atoms with Crippen LogP contribution in [0.1, 0.15) is 27.8 Å². The van der Waals surface area contributed by atoms with Gasteiger partial charge < -0.3 is 18.6 Å². The minimum Gasteiger partial charge on any atom is -0.366 e. The summed E-state index contributed by atoms with van der Waals surface area (Å²) in [5.41, 5.74) is 3.65. The van der Waals surface area contributed by atoms with Crippen molar-refractivity contribution in [1.82, 2.24) is 19.4 Å². The minimum atomic E-state index is -0.409. The van der Waals surface area contributed by atoms with E-state index in [2.05, 4.69) is 10.1 Å². The number of carbonyl (C=O) groups is 1. The molecule has 146 valence electrons. The van der Waals surface area contributed by atoms with E-state index >= 15 is 0 Å². The molecule has 0 N–H and O–H groups in total. The first-order valence-corrected chi connectivity index (χ1v) is 9.56. The molecule has 5 rings (SSSR count). The zero-order valence-corrected chi connectivity index (χ0v) is 16.0. The minimum absolute atomic E-state index is 0.0218. The lowest BCUT2D eigenvalue weighted by Crippen LogP contribution is -2.42. The zero-order valence-electron chi connectivity index (χ0n) is 16.0. The molecule has 29 heavy (non-hydrogen) atoms. The van der Waals surface area contributed by atoms with Gasteiger partial charge in [-0.05, 0) is 36.8 Å². The van der Waals surface area contributed by atoms with Crippen LogP contribution in [0.15, 0.2) is 65.4 Å². The number of carbonyl (C=O) groups excluding carboxylic acids is 1. The van der Waals surface area contributed by atoms with Crippen LogP contribution in [-0.2, 0) is 4.74 Å². The van der Waals surface area contributed by atoms with Gasteiger partial charge in [0.25, 0.3) is 11.8 Å². The molecule has 4 heterocycles. The van der Waals surface area contributed by atoms with Gasteiger partial charge >= 0.3 is 0 Å². The predicted octanol–water partition coefficient (Wildman–Crippen LogP) is 3.51. The summed E-state index contributed by atoms with van der Waals surface area (Å²) in [6.07, 6.45) is 3.48. The molecule has 3 aromatic heterocycles. The highest BCUT2D eigenvalue weighted by molar-refractivity contribution is 5.95. The third kappa shape index (κ3) is 3.40. The SMILES string of the molecule is Cc1ccc2cc(C(=O)N3CCOC(c4noc(-c5ccccc5)n4)C3)cn2c1. The summed E-state index contributed by atoms with van der Waals surface area (Å²) in [6.45, 7) is 3.38. The lowest BCUT2D eigenvalue weighted by molar-refractivity contribution is -0.0276. The van der Waals surface area contributed by atoms with Crippen LogP contribution in [-0.4, -0.2) is 45.0 Å². The van der Waals surface area contributed by atoms with E-state index in [9.17, 15) is 4.79 Å². The van der Waals surface area contributed by atoms with Gasteiger partial charge in [-0.25, -0.2) is 0 Å². The van der Waals surface area contributed by atoms with Crippen molar-refractivity contribution in [3.63, 3.8) is 0 Å². The molecule has 7 nitrogen and oxygen atoms in total. The Balaban J connectivity index is 1.35. The van der Waals surface area contributed by atoms with Gasteiger partial charge in [-0.15, -0.1) is 0 Å². The standard InChI is InChI=1S/C22H20N4O3/c1-15-7-8-18-11-17(13-26(18)12-15)22(27)25-9-10-28-19(14-25)20-23-21(29-24-20)16-5-3-2-4-6-16/h2-8,11-13,19H,9-10,14H2,1H3. The Bertz CT molecular complexity index is 1170. The van der Waals surface area contributed by atoms with Crippen LogP contribution in [0, 0.1) is 6.92 Å². The molecule has 1 atom stereocenters. The largest absolute Gasteiger partial charge is 0.366 e. The number of aromatic nitrogens is 3. The number of pyridine rings is 1. The van der Waals surface area contributed by atoms with Gasteiger partial charge in [0.05, 0.1) is 18.7 Å². The average molecular weight is 388 g/mol. The number of hydrogen-bond donors (Lipinski definition) is 0. The molecule has 1 aliphatic rings. The summed E-state index contributed by atoms with van der Waals surface area (Å²) in [5.74, 6) is 0.882. The maximum absolute atomic E-state index is 13.1. The Labute approximate surface area is 167 Å². The first-order valence-electron chi connectivity index (χ1n) is 9.56. The molecule has 1 fully saturated rings.